The molecule has 0 aromatic heterocycles. The van der Waals surface area contributed by atoms with Crippen LogP contribution in [0.15, 0.2) is 48.5 Å². The fraction of sp³-hybridized carbons (Fsp3) is 0.435. The van der Waals surface area contributed by atoms with Gasteiger partial charge in [0.25, 0.3) is 0 Å². The maximum Gasteiger partial charge on any atom is 0.228 e. The summed E-state index contributed by atoms with van der Waals surface area (Å²) in [5.41, 5.74) is 4.78. The highest BCUT2D eigenvalue weighted by molar-refractivity contribution is 5.93. The Morgan fingerprint density at radius 3 is 2.77 bits per heavy atom. The van der Waals surface area contributed by atoms with Crippen molar-refractivity contribution in [2.24, 2.45) is 5.92 Å². The number of nitrogens with zero attached hydrogens (tertiary/aromatic N) is 1. The first kappa shape index (κ1) is 18.7. The van der Waals surface area contributed by atoms with E-state index in [4.69, 9.17) is 0 Å². The summed E-state index contributed by atoms with van der Waals surface area (Å²) >= 11 is 0. The molecule has 0 spiro atoms. The number of aryl methyl sites for hydroxylation is 1. The lowest BCUT2D eigenvalue weighted by molar-refractivity contribution is -0.121. The van der Waals surface area contributed by atoms with E-state index in [1.54, 1.807) is 0 Å². The normalized spacial score (nSPS) is 18.1. The van der Waals surface area contributed by atoms with Crippen molar-refractivity contribution in [3.05, 3.63) is 65.2 Å². The Bertz CT molecular complexity index is 753. The molecule has 1 saturated heterocycles. The van der Waals surface area contributed by atoms with Crippen LogP contribution < -0.4 is 5.32 Å². The SMILES string of the molecule is Cc1cccc(CN2CCCC(C(=O)Nc3ccccc3C(C)C)C2)c1. The Balaban J connectivity index is 1.63. The van der Waals surface area contributed by atoms with E-state index in [1.807, 2.05) is 18.2 Å². The lowest BCUT2D eigenvalue weighted by atomic mass is 9.95. The minimum absolute atomic E-state index is 0.0637. The van der Waals surface area contributed by atoms with Crippen LogP contribution in [0, 0.1) is 12.8 Å². The van der Waals surface area contributed by atoms with E-state index >= 15 is 0 Å². The number of anilines is 1. The van der Waals surface area contributed by atoms with Gasteiger partial charge in [0.2, 0.25) is 5.91 Å². The first-order chi connectivity index (χ1) is 12.5. The number of rotatable bonds is 5. The fourth-order valence-electron chi connectivity index (χ4n) is 3.83. The molecule has 1 atom stereocenters. The number of carbonyl (C=O) groups excluding carboxylic acids is 1. The molecule has 2 aromatic carbocycles. The molecule has 0 radical (unpaired) electrons. The molecule has 1 fully saturated rings. The van der Waals surface area contributed by atoms with Crippen LogP contribution in [0.5, 0.6) is 0 Å². The third-order valence-electron chi connectivity index (χ3n) is 5.21. The summed E-state index contributed by atoms with van der Waals surface area (Å²) in [5, 5.41) is 3.19. The Labute approximate surface area is 157 Å². The minimum atomic E-state index is 0.0637. The summed E-state index contributed by atoms with van der Waals surface area (Å²) in [6.07, 6.45) is 2.05. The van der Waals surface area contributed by atoms with Crippen LogP contribution in [-0.4, -0.2) is 23.9 Å². The summed E-state index contributed by atoms with van der Waals surface area (Å²) in [6, 6.07) is 16.8. The van der Waals surface area contributed by atoms with Crippen LogP contribution in [0.1, 0.15) is 49.3 Å². The highest BCUT2D eigenvalue weighted by Gasteiger charge is 2.26. The van der Waals surface area contributed by atoms with Crippen LogP contribution in [0.3, 0.4) is 0 Å². The Morgan fingerprint density at radius 1 is 1.19 bits per heavy atom. The molecular formula is C23H30N2O. The zero-order chi connectivity index (χ0) is 18.5. The van der Waals surface area contributed by atoms with Gasteiger partial charge in [0, 0.05) is 18.8 Å². The van der Waals surface area contributed by atoms with E-state index in [1.165, 1.54) is 16.7 Å². The zero-order valence-corrected chi connectivity index (χ0v) is 16.2. The van der Waals surface area contributed by atoms with Gasteiger partial charge in [-0.1, -0.05) is 61.9 Å². The van der Waals surface area contributed by atoms with Crippen LogP contribution in [-0.2, 0) is 11.3 Å². The summed E-state index contributed by atoms with van der Waals surface area (Å²) in [5.74, 6) is 0.622. The lowest BCUT2D eigenvalue weighted by Gasteiger charge is -2.32. The third-order valence-corrected chi connectivity index (χ3v) is 5.21. The van der Waals surface area contributed by atoms with Gasteiger partial charge in [-0.15, -0.1) is 0 Å². The summed E-state index contributed by atoms with van der Waals surface area (Å²) in [6.45, 7) is 9.28. The molecule has 1 aliphatic rings. The van der Waals surface area contributed by atoms with Gasteiger partial charge in [0.15, 0.2) is 0 Å². The number of para-hydroxylation sites is 1. The van der Waals surface area contributed by atoms with E-state index in [0.29, 0.717) is 5.92 Å². The predicted octanol–water partition coefficient (Wildman–Crippen LogP) is 4.97. The summed E-state index contributed by atoms with van der Waals surface area (Å²) < 4.78 is 0. The molecule has 0 saturated carbocycles. The number of nitrogens with one attached hydrogen (secondary N) is 1. The molecule has 138 valence electrons. The second kappa shape index (κ2) is 8.50. The molecular weight excluding hydrogens is 320 g/mol. The predicted molar refractivity (Wildman–Crippen MR) is 108 cm³/mol. The average Bonchev–Trinajstić information content (AvgIpc) is 2.62. The Morgan fingerprint density at radius 2 is 2.00 bits per heavy atom. The van der Waals surface area contributed by atoms with Crippen LogP contribution in [0.25, 0.3) is 0 Å². The molecule has 1 amide bonds. The molecule has 1 aliphatic heterocycles. The standard InChI is InChI=1S/C23H30N2O/c1-17(2)21-11-4-5-12-22(21)24-23(26)20-10-7-13-25(16-20)15-19-9-6-8-18(3)14-19/h4-6,8-9,11-12,14,17,20H,7,10,13,15-16H2,1-3H3,(H,24,26). The monoisotopic (exact) mass is 350 g/mol. The number of benzene rings is 2. The summed E-state index contributed by atoms with van der Waals surface area (Å²) in [7, 11) is 0. The second-order valence-electron chi connectivity index (χ2n) is 7.79. The molecule has 0 bridgehead atoms. The molecule has 26 heavy (non-hydrogen) atoms. The molecule has 2 aromatic rings. The van der Waals surface area contributed by atoms with Gasteiger partial charge in [0.05, 0.1) is 5.92 Å². The minimum Gasteiger partial charge on any atom is -0.326 e. The van der Waals surface area contributed by atoms with Crippen molar-refractivity contribution in [3.8, 4) is 0 Å². The van der Waals surface area contributed by atoms with Crippen molar-refractivity contribution < 1.29 is 4.79 Å². The smallest absolute Gasteiger partial charge is 0.228 e. The van der Waals surface area contributed by atoms with E-state index in [2.05, 4.69) is 61.3 Å². The van der Waals surface area contributed by atoms with Crippen LogP contribution in [0.4, 0.5) is 5.69 Å². The molecule has 0 aliphatic carbocycles. The molecule has 3 heteroatoms. The zero-order valence-electron chi connectivity index (χ0n) is 16.2. The topological polar surface area (TPSA) is 32.3 Å². The van der Waals surface area contributed by atoms with Crippen LogP contribution >= 0.6 is 0 Å². The van der Waals surface area contributed by atoms with E-state index in [-0.39, 0.29) is 11.8 Å². The lowest BCUT2D eigenvalue weighted by Crippen LogP contribution is -2.40. The van der Waals surface area contributed by atoms with Crippen molar-refractivity contribution in [1.82, 2.24) is 4.90 Å². The number of likely N-dealkylation sites (tertiary alicyclic amines) is 1. The molecule has 3 nitrogen and oxygen atoms in total. The van der Waals surface area contributed by atoms with Gasteiger partial charge >= 0.3 is 0 Å². The van der Waals surface area contributed by atoms with Crippen molar-refractivity contribution in [2.45, 2.75) is 46.1 Å². The molecule has 1 N–H and O–H groups in total. The van der Waals surface area contributed by atoms with Crippen molar-refractivity contribution in [2.75, 3.05) is 18.4 Å². The first-order valence-corrected chi connectivity index (χ1v) is 9.70. The third kappa shape index (κ3) is 4.73. The van der Waals surface area contributed by atoms with Gasteiger partial charge in [-0.2, -0.15) is 0 Å². The van der Waals surface area contributed by atoms with Gasteiger partial charge < -0.3 is 5.32 Å². The summed E-state index contributed by atoms with van der Waals surface area (Å²) in [4.78, 5) is 15.3. The van der Waals surface area contributed by atoms with Gasteiger partial charge in [0.1, 0.15) is 0 Å². The maximum atomic E-state index is 12.9. The molecule has 1 heterocycles. The van der Waals surface area contributed by atoms with Gasteiger partial charge in [-0.25, -0.2) is 0 Å². The van der Waals surface area contributed by atoms with Crippen molar-refractivity contribution in [3.63, 3.8) is 0 Å². The second-order valence-corrected chi connectivity index (χ2v) is 7.79. The highest BCUT2D eigenvalue weighted by atomic mass is 16.1. The highest BCUT2D eigenvalue weighted by Crippen LogP contribution is 2.26. The van der Waals surface area contributed by atoms with Crippen LogP contribution in [0.2, 0.25) is 0 Å². The van der Waals surface area contributed by atoms with Crippen molar-refractivity contribution >= 4 is 11.6 Å². The number of hydrogen-bond donors (Lipinski definition) is 1. The van der Waals surface area contributed by atoms with E-state index in [9.17, 15) is 4.79 Å². The fourth-order valence-corrected chi connectivity index (χ4v) is 3.83. The Hall–Kier alpha value is -2.13. The average molecular weight is 351 g/mol. The van der Waals surface area contributed by atoms with Gasteiger partial charge in [-0.3, -0.25) is 9.69 Å². The van der Waals surface area contributed by atoms with E-state index in [0.717, 1.165) is 38.2 Å². The molecule has 3 rings (SSSR count). The number of hydrogen-bond acceptors (Lipinski definition) is 2. The van der Waals surface area contributed by atoms with Gasteiger partial charge in [-0.05, 0) is 49.4 Å². The quantitative estimate of drug-likeness (QED) is 0.826. The number of piperidine rings is 1. The molecule has 1 unspecified atom stereocenters. The number of carbonyl (C=O) groups is 1. The maximum absolute atomic E-state index is 12.9. The number of amides is 1. The Kier molecular flexibility index (Phi) is 6.10. The van der Waals surface area contributed by atoms with E-state index < -0.39 is 0 Å². The largest absolute Gasteiger partial charge is 0.326 e. The first-order valence-electron chi connectivity index (χ1n) is 9.70. The van der Waals surface area contributed by atoms with Crippen molar-refractivity contribution in [1.29, 1.82) is 0 Å².